The third kappa shape index (κ3) is 4.04. The first kappa shape index (κ1) is 18.9. The van der Waals surface area contributed by atoms with Crippen LogP contribution in [0.3, 0.4) is 0 Å². The van der Waals surface area contributed by atoms with Crippen molar-refractivity contribution >= 4 is 17.2 Å². The Morgan fingerprint density at radius 2 is 1.83 bits per heavy atom. The number of pyridine rings is 1. The summed E-state index contributed by atoms with van der Waals surface area (Å²) in [5, 5.41) is 2.95. The summed E-state index contributed by atoms with van der Waals surface area (Å²) < 4.78 is 16.0. The minimum absolute atomic E-state index is 0.133. The second-order valence-corrected chi connectivity index (χ2v) is 7.27. The summed E-state index contributed by atoms with van der Waals surface area (Å²) in [5.41, 5.74) is 5.29. The van der Waals surface area contributed by atoms with E-state index in [4.69, 9.17) is 0 Å². The fraction of sp³-hybridized carbons (Fsp3) is 0.167. The largest absolute Gasteiger partial charge is 0.326 e. The smallest absolute Gasteiger partial charge is 0.225 e. The quantitative estimate of drug-likeness (QED) is 0.508. The van der Waals surface area contributed by atoms with Crippen molar-refractivity contribution in [3.63, 3.8) is 0 Å². The third-order valence-electron chi connectivity index (χ3n) is 5.08. The lowest BCUT2D eigenvalue weighted by molar-refractivity contribution is -0.116. The number of fused-ring (bicyclic) bond motifs is 1. The van der Waals surface area contributed by atoms with Crippen LogP contribution >= 0.6 is 0 Å². The van der Waals surface area contributed by atoms with Gasteiger partial charge < -0.3 is 9.72 Å². The van der Waals surface area contributed by atoms with Gasteiger partial charge in [-0.2, -0.15) is 0 Å². The van der Waals surface area contributed by atoms with E-state index >= 15 is 0 Å². The van der Waals surface area contributed by atoms with Crippen LogP contribution in [0.4, 0.5) is 10.1 Å². The molecule has 5 heteroatoms. The van der Waals surface area contributed by atoms with E-state index in [1.807, 2.05) is 66.8 Å². The van der Waals surface area contributed by atoms with Crippen LogP contribution in [0.25, 0.3) is 5.65 Å². The van der Waals surface area contributed by atoms with E-state index in [9.17, 15) is 9.18 Å². The van der Waals surface area contributed by atoms with Gasteiger partial charge in [-0.1, -0.05) is 35.9 Å². The Bertz CT molecular complexity index is 1160. The predicted molar refractivity (Wildman–Crippen MR) is 113 cm³/mol. The Hall–Kier alpha value is -3.47. The molecule has 1 amide bonds. The zero-order valence-electron chi connectivity index (χ0n) is 16.4. The van der Waals surface area contributed by atoms with Gasteiger partial charge in [-0.25, -0.2) is 9.37 Å². The molecule has 4 rings (SSSR count). The summed E-state index contributed by atoms with van der Waals surface area (Å²) >= 11 is 0. The number of aryl methyl sites for hydroxylation is 2. The molecule has 29 heavy (non-hydrogen) atoms. The molecule has 4 nitrogen and oxygen atoms in total. The van der Waals surface area contributed by atoms with E-state index in [1.54, 1.807) is 12.3 Å². The zero-order chi connectivity index (χ0) is 20.4. The number of carbonyl (C=O) groups is 1. The molecule has 2 heterocycles. The lowest BCUT2D eigenvalue weighted by Crippen LogP contribution is -2.18. The number of amides is 1. The first-order valence-electron chi connectivity index (χ1n) is 9.56. The Morgan fingerprint density at radius 1 is 1.07 bits per heavy atom. The molecule has 0 aliphatic rings. The van der Waals surface area contributed by atoms with Gasteiger partial charge in [-0.3, -0.25) is 4.79 Å². The van der Waals surface area contributed by atoms with Crippen molar-refractivity contribution in [1.82, 2.24) is 9.38 Å². The van der Waals surface area contributed by atoms with Crippen molar-refractivity contribution in [2.75, 3.05) is 5.32 Å². The van der Waals surface area contributed by atoms with Crippen LogP contribution in [0, 0.1) is 19.7 Å². The molecule has 2 aromatic heterocycles. The molecule has 1 N–H and O–H groups in total. The maximum atomic E-state index is 14.0. The lowest BCUT2D eigenvalue weighted by Gasteiger charge is -2.18. The van der Waals surface area contributed by atoms with Crippen molar-refractivity contribution in [3.05, 3.63) is 101 Å². The molecule has 1 atom stereocenters. The number of carbonyl (C=O) groups excluding carboxylic acids is 1. The second-order valence-electron chi connectivity index (χ2n) is 7.27. The van der Waals surface area contributed by atoms with Crippen molar-refractivity contribution < 1.29 is 9.18 Å². The highest BCUT2D eigenvalue weighted by Crippen LogP contribution is 2.30. The summed E-state index contributed by atoms with van der Waals surface area (Å²) in [5.74, 6) is -0.782. The second kappa shape index (κ2) is 7.87. The van der Waals surface area contributed by atoms with Gasteiger partial charge in [0.2, 0.25) is 5.91 Å². The summed E-state index contributed by atoms with van der Waals surface area (Å²) in [7, 11) is 0. The molecular formula is C24H22FN3O. The number of anilines is 1. The fourth-order valence-corrected chi connectivity index (χ4v) is 3.63. The van der Waals surface area contributed by atoms with E-state index in [0.717, 1.165) is 33.8 Å². The first-order valence-corrected chi connectivity index (χ1v) is 9.56. The number of nitrogens with one attached hydrogen (secondary N) is 1. The lowest BCUT2D eigenvalue weighted by atomic mass is 9.92. The van der Waals surface area contributed by atoms with Gasteiger partial charge in [-0.15, -0.1) is 0 Å². The normalized spacial score (nSPS) is 12.1. The molecule has 146 valence electrons. The van der Waals surface area contributed by atoms with Crippen LogP contribution in [0.15, 0.2) is 72.9 Å². The van der Waals surface area contributed by atoms with Gasteiger partial charge in [0.15, 0.2) is 0 Å². The zero-order valence-corrected chi connectivity index (χ0v) is 16.4. The molecule has 4 aromatic rings. The fourth-order valence-electron chi connectivity index (χ4n) is 3.63. The van der Waals surface area contributed by atoms with E-state index in [-0.39, 0.29) is 24.1 Å². The van der Waals surface area contributed by atoms with E-state index in [1.165, 1.54) is 12.1 Å². The van der Waals surface area contributed by atoms with E-state index in [0.29, 0.717) is 0 Å². The molecule has 0 saturated heterocycles. The molecule has 0 radical (unpaired) electrons. The molecular weight excluding hydrogens is 365 g/mol. The number of aromatic nitrogens is 2. The van der Waals surface area contributed by atoms with Gasteiger partial charge >= 0.3 is 0 Å². The SMILES string of the molecule is Cc1ccc(NC(=O)CC(c2cccc(F)c2)c2cnc3cccc(C)n23)cc1. The Labute approximate surface area is 169 Å². The third-order valence-corrected chi connectivity index (χ3v) is 5.08. The number of nitrogens with zero attached hydrogens (tertiary/aromatic N) is 2. The number of imidazole rings is 1. The maximum absolute atomic E-state index is 14.0. The average molecular weight is 387 g/mol. The highest BCUT2D eigenvalue weighted by Gasteiger charge is 2.23. The first-order chi connectivity index (χ1) is 14.0. The number of hydrogen-bond donors (Lipinski definition) is 1. The van der Waals surface area contributed by atoms with Gasteiger partial charge in [0.05, 0.1) is 5.69 Å². The van der Waals surface area contributed by atoms with Gasteiger partial charge in [-0.05, 0) is 55.8 Å². The van der Waals surface area contributed by atoms with Gasteiger partial charge in [0.1, 0.15) is 11.5 Å². The van der Waals surface area contributed by atoms with Crippen LogP contribution in [0.5, 0.6) is 0 Å². The van der Waals surface area contributed by atoms with Crippen molar-refractivity contribution in [2.24, 2.45) is 0 Å². The van der Waals surface area contributed by atoms with E-state index in [2.05, 4.69) is 10.3 Å². The molecule has 0 saturated carbocycles. The summed E-state index contributed by atoms with van der Waals surface area (Å²) in [4.78, 5) is 17.3. The highest BCUT2D eigenvalue weighted by atomic mass is 19.1. The molecule has 0 aliphatic heterocycles. The van der Waals surface area contributed by atoms with Crippen molar-refractivity contribution in [1.29, 1.82) is 0 Å². The number of hydrogen-bond acceptors (Lipinski definition) is 2. The van der Waals surface area contributed by atoms with Crippen molar-refractivity contribution in [2.45, 2.75) is 26.2 Å². The standard InChI is InChI=1S/C24H22FN3O/c1-16-9-11-20(12-10-16)27-24(29)14-21(18-6-4-7-19(25)13-18)22-15-26-23-8-3-5-17(2)28(22)23/h3-13,15,21H,14H2,1-2H3,(H,27,29). The van der Waals surface area contributed by atoms with Gasteiger partial charge in [0, 0.05) is 29.9 Å². The molecule has 1 unspecified atom stereocenters. The Kier molecular flexibility index (Phi) is 5.12. The van der Waals surface area contributed by atoms with Gasteiger partial charge in [0.25, 0.3) is 0 Å². The average Bonchev–Trinajstić information content (AvgIpc) is 3.13. The minimum atomic E-state index is -0.327. The van der Waals surface area contributed by atoms with Crippen LogP contribution in [-0.2, 0) is 4.79 Å². The minimum Gasteiger partial charge on any atom is -0.326 e. The summed E-state index contributed by atoms with van der Waals surface area (Å²) in [6.07, 6.45) is 1.95. The predicted octanol–water partition coefficient (Wildman–Crippen LogP) is 5.25. The monoisotopic (exact) mass is 387 g/mol. The van der Waals surface area contributed by atoms with Crippen LogP contribution < -0.4 is 5.32 Å². The molecule has 0 bridgehead atoms. The van der Waals surface area contributed by atoms with Crippen LogP contribution in [-0.4, -0.2) is 15.3 Å². The molecule has 2 aromatic carbocycles. The Balaban J connectivity index is 1.71. The summed E-state index contributed by atoms with van der Waals surface area (Å²) in [6.45, 7) is 3.99. The highest BCUT2D eigenvalue weighted by molar-refractivity contribution is 5.91. The molecule has 0 spiro atoms. The summed E-state index contributed by atoms with van der Waals surface area (Å²) in [6, 6.07) is 19.9. The van der Waals surface area contributed by atoms with Crippen molar-refractivity contribution in [3.8, 4) is 0 Å². The molecule has 0 aliphatic carbocycles. The van der Waals surface area contributed by atoms with E-state index < -0.39 is 0 Å². The maximum Gasteiger partial charge on any atom is 0.225 e. The van der Waals surface area contributed by atoms with Crippen LogP contribution in [0.1, 0.15) is 34.9 Å². The number of halogens is 1. The molecule has 0 fully saturated rings. The number of benzene rings is 2. The Morgan fingerprint density at radius 3 is 2.59 bits per heavy atom. The topological polar surface area (TPSA) is 46.4 Å². The van der Waals surface area contributed by atoms with Crippen LogP contribution in [0.2, 0.25) is 0 Å². The number of rotatable bonds is 5.